The molecule has 0 aliphatic rings. The molecule has 0 fully saturated rings. The van der Waals surface area contributed by atoms with E-state index < -0.39 is 23.7 Å². The number of methoxy groups -OCH3 is 1. The third-order valence-corrected chi connectivity index (χ3v) is 5.96. The molecule has 3 aromatic carbocycles. The number of esters is 1. The molecule has 1 atom stereocenters. The summed E-state index contributed by atoms with van der Waals surface area (Å²) in [5, 5.41) is 4.79. The number of carbonyl (C=O) groups excluding carboxylic acids is 2. The number of ether oxygens (including phenoxy) is 3. The van der Waals surface area contributed by atoms with Crippen molar-refractivity contribution in [2.75, 3.05) is 7.11 Å². The predicted octanol–water partition coefficient (Wildman–Crippen LogP) is 7.39. The van der Waals surface area contributed by atoms with Crippen LogP contribution >= 0.6 is 0 Å². The molecule has 204 valence electrons. The van der Waals surface area contributed by atoms with E-state index in [1.807, 2.05) is 79.7 Å². The zero-order valence-corrected chi connectivity index (χ0v) is 23.3. The van der Waals surface area contributed by atoms with E-state index in [4.69, 9.17) is 14.2 Å². The smallest absolute Gasteiger partial charge is 0.408 e. The van der Waals surface area contributed by atoms with Gasteiger partial charge in [-0.15, -0.1) is 0 Å². The van der Waals surface area contributed by atoms with Gasteiger partial charge in [-0.25, -0.2) is 4.79 Å². The molecule has 6 nitrogen and oxygen atoms in total. The van der Waals surface area contributed by atoms with E-state index in [2.05, 4.69) is 18.0 Å². The molecule has 1 amide bonds. The van der Waals surface area contributed by atoms with Crippen molar-refractivity contribution in [3.8, 4) is 5.75 Å². The number of rotatable bonds is 10. The lowest BCUT2D eigenvalue weighted by atomic mass is 9.96. The van der Waals surface area contributed by atoms with Crippen LogP contribution in [0.3, 0.4) is 0 Å². The maximum Gasteiger partial charge on any atom is 0.408 e. The summed E-state index contributed by atoms with van der Waals surface area (Å²) in [4.78, 5) is 24.4. The van der Waals surface area contributed by atoms with Crippen molar-refractivity contribution in [1.82, 2.24) is 5.32 Å². The largest absolute Gasteiger partial charge is 0.488 e. The van der Waals surface area contributed by atoms with Crippen LogP contribution in [0, 0.1) is 0 Å². The van der Waals surface area contributed by atoms with E-state index in [1.54, 1.807) is 26.8 Å². The Morgan fingerprint density at radius 1 is 0.949 bits per heavy atom. The highest BCUT2D eigenvalue weighted by Gasteiger charge is 2.23. The average molecular weight is 528 g/mol. The van der Waals surface area contributed by atoms with Crippen molar-refractivity contribution < 1.29 is 23.8 Å². The first-order valence-corrected chi connectivity index (χ1v) is 12.9. The number of amides is 1. The number of hydrogen-bond donors (Lipinski definition) is 1. The lowest BCUT2D eigenvalue weighted by Crippen LogP contribution is -2.41. The summed E-state index contributed by atoms with van der Waals surface area (Å²) >= 11 is 0. The molecule has 6 heteroatoms. The molecular weight excluding hydrogens is 490 g/mol. The zero-order valence-electron chi connectivity index (χ0n) is 23.3. The summed E-state index contributed by atoms with van der Waals surface area (Å²) in [5.74, 6) is 0.343. The molecule has 0 bridgehead atoms. The maximum absolute atomic E-state index is 12.4. The first kappa shape index (κ1) is 29.2. The van der Waals surface area contributed by atoms with E-state index in [0.717, 1.165) is 33.2 Å². The van der Waals surface area contributed by atoms with Crippen LogP contribution in [0.1, 0.15) is 45.2 Å². The fraction of sp³-hybridized carbons (Fsp3) is 0.273. The zero-order chi connectivity index (χ0) is 28.4. The van der Waals surface area contributed by atoms with Gasteiger partial charge in [0.15, 0.2) is 0 Å². The molecule has 0 unspecified atom stereocenters. The Bertz CT molecular complexity index is 1370. The van der Waals surface area contributed by atoms with Crippen LogP contribution in [0.4, 0.5) is 4.79 Å². The predicted molar refractivity (Wildman–Crippen MR) is 156 cm³/mol. The van der Waals surface area contributed by atoms with Crippen molar-refractivity contribution in [3.63, 3.8) is 0 Å². The molecule has 0 aliphatic carbocycles. The number of hydrogen-bond acceptors (Lipinski definition) is 5. The molecular formula is C33H37NO5. The minimum atomic E-state index is -0.688. The van der Waals surface area contributed by atoms with E-state index in [1.165, 1.54) is 7.11 Å². The molecule has 0 saturated carbocycles. The number of benzene rings is 3. The Kier molecular flexibility index (Phi) is 10.1. The first-order chi connectivity index (χ1) is 18.6. The van der Waals surface area contributed by atoms with Gasteiger partial charge in [-0.05, 0) is 61.4 Å². The van der Waals surface area contributed by atoms with Gasteiger partial charge in [-0.2, -0.15) is 0 Å². The third kappa shape index (κ3) is 8.60. The van der Waals surface area contributed by atoms with E-state index in [0.29, 0.717) is 12.2 Å². The third-order valence-electron chi connectivity index (χ3n) is 5.96. The van der Waals surface area contributed by atoms with Crippen molar-refractivity contribution >= 4 is 28.4 Å². The second-order valence-corrected chi connectivity index (χ2v) is 10.1. The lowest BCUT2D eigenvalue weighted by Gasteiger charge is -2.23. The second-order valence-electron chi connectivity index (χ2n) is 10.1. The van der Waals surface area contributed by atoms with Gasteiger partial charge in [0.1, 0.15) is 18.0 Å². The SMILES string of the molecule is C=C(/C=C\C(=C/C)c1ccc(OCc2ccccc2)c2ccccc12)[C@H](CC(=O)OC)NC(=O)OC(C)(C)C. The van der Waals surface area contributed by atoms with Crippen LogP contribution in [0.15, 0.2) is 97.1 Å². The summed E-state index contributed by atoms with van der Waals surface area (Å²) < 4.78 is 16.4. The molecule has 0 saturated heterocycles. The Labute approximate surface area is 231 Å². The minimum absolute atomic E-state index is 0.0690. The van der Waals surface area contributed by atoms with Gasteiger partial charge in [0, 0.05) is 5.39 Å². The van der Waals surface area contributed by atoms with Crippen molar-refractivity contribution in [3.05, 3.63) is 108 Å². The highest BCUT2D eigenvalue weighted by Crippen LogP contribution is 2.33. The Morgan fingerprint density at radius 3 is 2.26 bits per heavy atom. The van der Waals surface area contributed by atoms with Crippen LogP contribution in [-0.2, 0) is 20.9 Å². The topological polar surface area (TPSA) is 73.9 Å². The van der Waals surface area contributed by atoms with Crippen LogP contribution in [-0.4, -0.2) is 30.8 Å². The van der Waals surface area contributed by atoms with Gasteiger partial charge in [0.25, 0.3) is 0 Å². The summed E-state index contributed by atoms with van der Waals surface area (Å²) in [7, 11) is 1.31. The average Bonchev–Trinajstić information content (AvgIpc) is 2.91. The molecule has 1 N–H and O–H groups in total. The quantitative estimate of drug-likeness (QED) is 0.220. The highest BCUT2D eigenvalue weighted by atomic mass is 16.6. The van der Waals surface area contributed by atoms with Crippen LogP contribution in [0.25, 0.3) is 16.3 Å². The fourth-order valence-electron chi connectivity index (χ4n) is 4.01. The molecule has 39 heavy (non-hydrogen) atoms. The molecule has 0 radical (unpaired) electrons. The van der Waals surface area contributed by atoms with Crippen molar-refractivity contribution in [2.24, 2.45) is 0 Å². The Hall–Kier alpha value is -4.32. The molecule has 0 aromatic heterocycles. The summed E-state index contributed by atoms with van der Waals surface area (Å²) in [5.41, 5.74) is 2.94. The molecule has 0 aliphatic heterocycles. The number of allylic oxidation sites excluding steroid dienone is 3. The fourth-order valence-corrected chi connectivity index (χ4v) is 4.01. The van der Waals surface area contributed by atoms with Crippen molar-refractivity contribution in [2.45, 2.75) is 52.4 Å². The van der Waals surface area contributed by atoms with Gasteiger partial charge in [0.05, 0.1) is 19.6 Å². The van der Waals surface area contributed by atoms with Crippen molar-refractivity contribution in [1.29, 1.82) is 0 Å². The van der Waals surface area contributed by atoms with Crippen LogP contribution in [0.2, 0.25) is 0 Å². The van der Waals surface area contributed by atoms with Crippen LogP contribution in [0.5, 0.6) is 5.75 Å². The number of nitrogens with one attached hydrogen (secondary N) is 1. The summed E-state index contributed by atoms with van der Waals surface area (Å²) in [6.45, 7) is 11.9. The van der Waals surface area contributed by atoms with Gasteiger partial charge >= 0.3 is 12.1 Å². The standard InChI is InChI=1S/C33H37NO5/c1-7-25(18-17-23(2)29(21-31(35)37-6)34-32(36)39-33(3,4)5)26-19-20-30(28-16-12-11-15-27(26)28)38-22-24-13-9-8-10-14-24/h7-20,29H,2,21-22H2,1,3-6H3,(H,34,36)/b18-17-,25-7+/t29-/m0/s1. The number of alkyl carbamates (subject to hydrolysis) is 1. The van der Waals surface area contributed by atoms with Gasteiger partial charge in [0.2, 0.25) is 0 Å². The monoisotopic (exact) mass is 527 g/mol. The molecule has 0 heterocycles. The molecule has 3 aromatic rings. The van der Waals surface area contributed by atoms with Gasteiger partial charge in [-0.1, -0.05) is 85.5 Å². The van der Waals surface area contributed by atoms with E-state index in [-0.39, 0.29) is 6.42 Å². The second kappa shape index (κ2) is 13.5. The van der Waals surface area contributed by atoms with E-state index in [9.17, 15) is 9.59 Å². The Balaban J connectivity index is 1.84. The van der Waals surface area contributed by atoms with E-state index >= 15 is 0 Å². The van der Waals surface area contributed by atoms with Gasteiger partial charge < -0.3 is 19.5 Å². The molecule has 0 spiro atoms. The maximum atomic E-state index is 12.4. The minimum Gasteiger partial charge on any atom is -0.488 e. The summed E-state index contributed by atoms with van der Waals surface area (Å²) in [6, 6.07) is 21.5. The van der Waals surface area contributed by atoms with Crippen LogP contribution < -0.4 is 10.1 Å². The highest BCUT2D eigenvalue weighted by molar-refractivity contribution is 5.99. The number of carbonyl (C=O) groups is 2. The first-order valence-electron chi connectivity index (χ1n) is 12.9. The molecule has 3 rings (SSSR count). The number of fused-ring (bicyclic) bond motifs is 1. The Morgan fingerprint density at radius 2 is 1.62 bits per heavy atom. The lowest BCUT2D eigenvalue weighted by molar-refractivity contribution is -0.140. The normalized spacial score (nSPS) is 12.7. The summed E-state index contributed by atoms with van der Waals surface area (Å²) in [6.07, 6.45) is 5.03. The van der Waals surface area contributed by atoms with Gasteiger partial charge in [-0.3, -0.25) is 4.79 Å².